The van der Waals surface area contributed by atoms with Gasteiger partial charge in [-0.15, -0.1) is 0 Å². The number of aromatic nitrogens is 2. The molecule has 0 atom stereocenters. The first kappa shape index (κ1) is 13.2. The zero-order valence-corrected chi connectivity index (χ0v) is 12.3. The average Bonchev–Trinajstić information content (AvgIpc) is 2.50. The summed E-state index contributed by atoms with van der Waals surface area (Å²) in [7, 11) is 0. The monoisotopic (exact) mass is 296 g/mol. The molecule has 0 unspecified atom stereocenters. The minimum atomic E-state index is 0.775. The van der Waals surface area contributed by atoms with Gasteiger partial charge >= 0.3 is 0 Å². The van der Waals surface area contributed by atoms with Crippen LogP contribution in [0.25, 0.3) is 0 Å². The molecule has 0 radical (unpaired) electrons. The van der Waals surface area contributed by atoms with Crippen LogP contribution in [0.5, 0.6) is 0 Å². The van der Waals surface area contributed by atoms with E-state index in [9.17, 15) is 0 Å². The minimum Gasteiger partial charge on any atom is -0.231 e. The predicted octanol–water partition coefficient (Wildman–Crippen LogP) is 4.78. The second-order valence-electron chi connectivity index (χ2n) is 4.01. The fraction of sp³-hybridized carbons (Fsp3) is 0. The van der Waals surface area contributed by atoms with Gasteiger partial charge in [0.2, 0.25) is 0 Å². The molecule has 2 nitrogen and oxygen atoms in total. The second-order valence-corrected chi connectivity index (χ2v) is 6.14. The van der Waals surface area contributed by atoms with Crippen molar-refractivity contribution in [3.63, 3.8) is 0 Å². The van der Waals surface area contributed by atoms with E-state index in [2.05, 4.69) is 34.2 Å². The Bertz CT molecular complexity index is 616. The Morgan fingerprint density at radius 1 is 0.650 bits per heavy atom. The van der Waals surface area contributed by atoms with Crippen molar-refractivity contribution in [2.24, 2.45) is 0 Å². The van der Waals surface area contributed by atoms with Gasteiger partial charge in [-0.3, -0.25) is 0 Å². The average molecular weight is 296 g/mol. The van der Waals surface area contributed by atoms with Crippen LogP contribution in [0.3, 0.4) is 0 Å². The lowest BCUT2D eigenvalue weighted by atomic mass is 10.4. The second kappa shape index (κ2) is 6.59. The largest absolute Gasteiger partial charge is 0.231 e. The van der Waals surface area contributed by atoms with Crippen molar-refractivity contribution in [1.82, 2.24) is 9.97 Å². The third kappa shape index (κ3) is 3.62. The van der Waals surface area contributed by atoms with E-state index < -0.39 is 0 Å². The molecule has 0 N–H and O–H groups in total. The molecule has 4 heteroatoms. The molecule has 0 aliphatic rings. The topological polar surface area (TPSA) is 25.8 Å². The van der Waals surface area contributed by atoms with Crippen molar-refractivity contribution in [1.29, 1.82) is 0 Å². The van der Waals surface area contributed by atoms with Crippen molar-refractivity contribution in [3.05, 3.63) is 72.9 Å². The first-order valence-electron chi connectivity index (χ1n) is 6.19. The zero-order chi connectivity index (χ0) is 13.6. The third-order valence-electron chi connectivity index (χ3n) is 2.53. The smallest absolute Gasteiger partial charge is 0.193 e. The van der Waals surface area contributed by atoms with Crippen molar-refractivity contribution in [2.45, 2.75) is 20.0 Å². The summed E-state index contributed by atoms with van der Waals surface area (Å²) in [6.45, 7) is 0. The third-order valence-corrected chi connectivity index (χ3v) is 4.36. The van der Waals surface area contributed by atoms with Crippen molar-refractivity contribution in [3.8, 4) is 0 Å². The molecule has 20 heavy (non-hydrogen) atoms. The maximum Gasteiger partial charge on any atom is 0.193 e. The summed E-state index contributed by atoms with van der Waals surface area (Å²) < 4.78 is 0. The van der Waals surface area contributed by atoms with Gasteiger partial charge in [-0.25, -0.2) is 9.97 Å². The van der Waals surface area contributed by atoms with Gasteiger partial charge in [-0.05, 0) is 42.1 Å². The first-order valence-corrected chi connectivity index (χ1v) is 7.82. The Morgan fingerprint density at radius 3 is 1.90 bits per heavy atom. The van der Waals surface area contributed by atoms with E-state index >= 15 is 0 Å². The van der Waals surface area contributed by atoms with Gasteiger partial charge in [0.25, 0.3) is 0 Å². The standard InChI is InChI=1S/C16H12N2S2/c1-3-7-13(8-4-1)19-15-11-12-17-16(18-15)20-14-9-5-2-6-10-14/h1-12H. The van der Waals surface area contributed by atoms with E-state index in [1.54, 1.807) is 23.5 Å². The van der Waals surface area contributed by atoms with Crippen LogP contribution in [0.15, 0.2) is 92.9 Å². The van der Waals surface area contributed by atoms with Crippen LogP contribution in [0.4, 0.5) is 0 Å². The van der Waals surface area contributed by atoms with Crippen molar-refractivity contribution >= 4 is 23.5 Å². The Kier molecular flexibility index (Phi) is 4.35. The molecule has 1 heterocycles. The lowest BCUT2D eigenvalue weighted by Crippen LogP contribution is -1.87. The summed E-state index contributed by atoms with van der Waals surface area (Å²) in [4.78, 5) is 11.2. The molecule has 0 saturated heterocycles. The highest BCUT2D eigenvalue weighted by Gasteiger charge is 2.03. The Morgan fingerprint density at radius 2 is 1.25 bits per heavy atom. The molecule has 3 aromatic rings. The lowest BCUT2D eigenvalue weighted by Gasteiger charge is -2.03. The van der Waals surface area contributed by atoms with Crippen molar-refractivity contribution in [2.75, 3.05) is 0 Å². The van der Waals surface area contributed by atoms with Crippen LogP contribution < -0.4 is 0 Å². The minimum absolute atomic E-state index is 0.775. The number of benzene rings is 2. The van der Waals surface area contributed by atoms with E-state index in [1.807, 2.05) is 48.7 Å². The molecule has 0 aliphatic carbocycles. The summed E-state index contributed by atoms with van der Waals surface area (Å²) >= 11 is 3.22. The summed E-state index contributed by atoms with van der Waals surface area (Å²) in [5, 5.41) is 1.74. The van der Waals surface area contributed by atoms with Gasteiger partial charge in [0.15, 0.2) is 5.16 Å². The van der Waals surface area contributed by atoms with Crippen LogP contribution in [0.1, 0.15) is 0 Å². The predicted molar refractivity (Wildman–Crippen MR) is 83.2 cm³/mol. The lowest BCUT2D eigenvalue weighted by molar-refractivity contribution is 0.891. The van der Waals surface area contributed by atoms with E-state index in [-0.39, 0.29) is 0 Å². The molecule has 0 spiro atoms. The van der Waals surface area contributed by atoms with Gasteiger partial charge in [0.1, 0.15) is 5.03 Å². The highest BCUT2D eigenvalue weighted by molar-refractivity contribution is 7.99. The molecule has 0 saturated carbocycles. The van der Waals surface area contributed by atoms with E-state index in [4.69, 9.17) is 0 Å². The van der Waals surface area contributed by atoms with E-state index in [0.29, 0.717) is 0 Å². The number of hydrogen-bond acceptors (Lipinski definition) is 4. The fourth-order valence-corrected chi connectivity index (χ4v) is 3.25. The molecule has 98 valence electrons. The van der Waals surface area contributed by atoms with Crippen molar-refractivity contribution < 1.29 is 0 Å². The van der Waals surface area contributed by atoms with Crippen LogP contribution >= 0.6 is 23.5 Å². The maximum atomic E-state index is 4.58. The molecule has 0 bridgehead atoms. The summed E-state index contributed by atoms with van der Waals surface area (Å²) in [6, 6.07) is 22.3. The molecule has 3 rings (SSSR count). The highest BCUT2D eigenvalue weighted by Crippen LogP contribution is 2.29. The Labute approximate surface area is 126 Å². The van der Waals surface area contributed by atoms with Gasteiger partial charge in [0, 0.05) is 16.0 Å². The summed E-state index contributed by atoms with van der Waals surface area (Å²) in [5.74, 6) is 0. The maximum absolute atomic E-state index is 4.58. The fourth-order valence-electron chi connectivity index (χ4n) is 1.63. The van der Waals surface area contributed by atoms with Crippen LogP contribution in [-0.4, -0.2) is 9.97 Å². The van der Waals surface area contributed by atoms with Gasteiger partial charge in [-0.2, -0.15) is 0 Å². The SMILES string of the molecule is c1ccc(Sc2ccnc(Sc3ccccc3)n2)cc1. The normalized spacial score (nSPS) is 10.4. The molecule has 0 fully saturated rings. The highest BCUT2D eigenvalue weighted by atomic mass is 32.2. The molecular formula is C16H12N2S2. The number of nitrogens with zero attached hydrogens (tertiary/aromatic N) is 2. The molecule has 0 aliphatic heterocycles. The molecule has 1 aromatic heterocycles. The number of hydrogen-bond donors (Lipinski definition) is 0. The summed E-state index contributed by atoms with van der Waals surface area (Å²) in [6.07, 6.45) is 1.81. The van der Waals surface area contributed by atoms with Crippen LogP contribution in [-0.2, 0) is 0 Å². The van der Waals surface area contributed by atoms with E-state index in [0.717, 1.165) is 15.1 Å². The quantitative estimate of drug-likeness (QED) is 0.511. The molecule has 0 amide bonds. The van der Waals surface area contributed by atoms with E-state index in [1.165, 1.54) is 4.90 Å². The summed E-state index contributed by atoms with van der Waals surface area (Å²) in [5.41, 5.74) is 0. The van der Waals surface area contributed by atoms with Gasteiger partial charge in [0.05, 0.1) is 0 Å². The molecule has 2 aromatic carbocycles. The number of rotatable bonds is 4. The Balaban J connectivity index is 1.76. The van der Waals surface area contributed by atoms with Gasteiger partial charge in [-0.1, -0.05) is 48.2 Å². The Hall–Kier alpha value is -1.78. The van der Waals surface area contributed by atoms with Gasteiger partial charge < -0.3 is 0 Å². The first-order chi connectivity index (χ1) is 9.90. The zero-order valence-electron chi connectivity index (χ0n) is 10.6. The molecular weight excluding hydrogens is 284 g/mol. The van der Waals surface area contributed by atoms with Crippen LogP contribution in [0.2, 0.25) is 0 Å². The van der Waals surface area contributed by atoms with Crippen LogP contribution in [0, 0.1) is 0 Å².